The minimum atomic E-state index is 0.176. The first-order valence-corrected chi connectivity index (χ1v) is 9.07. The number of hydrogen-bond acceptors (Lipinski definition) is 2. The molecule has 1 aliphatic heterocycles. The molecule has 21 heavy (non-hydrogen) atoms. The number of piperazine rings is 1. The summed E-state index contributed by atoms with van der Waals surface area (Å²) in [6.07, 6.45) is 11.5. The molecule has 0 aromatic heterocycles. The zero-order valence-electron chi connectivity index (χ0n) is 13.8. The van der Waals surface area contributed by atoms with Gasteiger partial charge in [-0.25, -0.2) is 4.79 Å². The largest absolute Gasteiger partial charge is 0.335 e. The van der Waals surface area contributed by atoms with Crippen molar-refractivity contribution in [2.24, 2.45) is 0 Å². The van der Waals surface area contributed by atoms with Crippen LogP contribution in [0, 0.1) is 0 Å². The zero-order valence-corrected chi connectivity index (χ0v) is 13.8. The minimum Gasteiger partial charge on any atom is -0.335 e. The van der Waals surface area contributed by atoms with Gasteiger partial charge in [-0.05, 0) is 25.8 Å². The van der Waals surface area contributed by atoms with E-state index in [0.717, 1.165) is 26.2 Å². The Hall–Kier alpha value is -0.770. The van der Waals surface area contributed by atoms with E-state index in [1.165, 1.54) is 64.3 Å². The Morgan fingerprint density at radius 3 is 2.29 bits per heavy atom. The number of amides is 2. The third kappa shape index (κ3) is 5.85. The first-order chi connectivity index (χ1) is 10.3. The van der Waals surface area contributed by atoms with Gasteiger partial charge in [0.25, 0.3) is 0 Å². The highest BCUT2D eigenvalue weighted by Crippen LogP contribution is 2.17. The Balaban J connectivity index is 1.65. The van der Waals surface area contributed by atoms with Crippen molar-refractivity contribution in [3.8, 4) is 0 Å². The smallest absolute Gasteiger partial charge is 0.317 e. The Kier molecular flexibility index (Phi) is 7.34. The molecule has 1 saturated heterocycles. The van der Waals surface area contributed by atoms with E-state index in [2.05, 4.69) is 17.1 Å². The maximum Gasteiger partial charge on any atom is 0.317 e. The number of unbranched alkanes of at least 4 members (excludes halogenated alkanes) is 2. The van der Waals surface area contributed by atoms with Gasteiger partial charge < -0.3 is 10.2 Å². The molecule has 0 spiro atoms. The van der Waals surface area contributed by atoms with E-state index in [1.807, 2.05) is 4.90 Å². The molecular formula is C17H33N3O. The van der Waals surface area contributed by atoms with Gasteiger partial charge in [-0.1, -0.05) is 45.4 Å². The Morgan fingerprint density at radius 2 is 1.67 bits per heavy atom. The first-order valence-electron chi connectivity index (χ1n) is 9.07. The molecule has 1 saturated carbocycles. The highest BCUT2D eigenvalue weighted by Gasteiger charge is 2.23. The average Bonchev–Trinajstić information content (AvgIpc) is 2.77. The van der Waals surface area contributed by atoms with E-state index in [4.69, 9.17) is 0 Å². The fourth-order valence-electron chi connectivity index (χ4n) is 3.45. The molecule has 0 aromatic rings. The second kappa shape index (κ2) is 9.29. The Morgan fingerprint density at radius 1 is 1.00 bits per heavy atom. The molecule has 1 heterocycles. The highest BCUT2D eigenvalue weighted by atomic mass is 16.2. The van der Waals surface area contributed by atoms with Crippen LogP contribution in [0.3, 0.4) is 0 Å². The van der Waals surface area contributed by atoms with E-state index in [-0.39, 0.29) is 6.03 Å². The molecule has 122 valence electrons. The quantitative estimate of drug-likeness (QED) is 0.624. The van der Waals surface area contributed by atoms with E-state index in [0.29, 0.717) is 6.04 Å². The van der Waals surface area contributed by atoms with Crippen molar-refractivity contribution in [2.75, 3.05) is 32.7 Å². The van der Waals surface area contributed by atoms with Gasteiger partial charge in [-0.15, -0.1) is 0 Å². The van der Waals surface area contributed by atoms with Crippen molar-refractivity contribution in [1.29, 1.82) is 0 Å². The third-order valence-corrected chi connectivity index (χ3v) is 4.92. The zero-order chi connectivity index (χ0) is 14.9. The number of nitrogens with zero attached hydrogens (tertiary/aromatic N) is 2. The number of rotatable bonds is 5. The van der Waals surface area contributed by atoms with E-state index >= 15 is 0 Å². The summed E-state index contributed by atoms with van der Waals surface area (Å²) in [5.41, 5.74) is 0. The van der Waals surface area contributed by atoms with Gasteiger partial charge in [0.05, 0.1) is 0 Å². The summed E-state index contributed by atoms with van der Waals surface area (Å²) < 4.78 is 0. The summed E-state index contributed by atoms with van der Waals surface area (Å²) in [4.78, 5) is 16.9. The lowest BCUT2D eigenvalue weighted by atomic mass is 10.1. The first kappa shape index (κ1) is 16.6. The van der Waals surface area contributed by atoms with Crippen LogP contribution < -0.4 is 5.32 Å². The molecule has 4 nitrogen and oxygen atoms in total. The van der Waals surface area contributed by atoms with Crippen molar-refractivity contribution in [1.82, 2.24) is 15.1 Å². The Bertz CT molecular complexity index is 292. The molecule has 1 aliphatic carbocycles. The van der Waals surface area contributed by atoms with Crippen molar-refractivity contribution >= 4 is 6.03 Å². The molecule has 0 unspecified atom stereocenters. The molecule has 0 bridgehead atoms. The summed E-state index contributed by atoms with van der Waals surface area (Å²) in [6.45, 7) is 7.32. The van der Waals surface area contributed by atoms with E-state index < -0.39 is 0 Å². The van der Waals surface area contributed by atoms with Crippen LogP contribution in [0.25, 0.3) is 0 Å². The van der Waals surface area contributed by atoms with Crippen LogP contribution in [0.15, 0.2) is 0 Å². The molecular weight excluding hydrogens is 262 g/mol. The van der Waals surface area contributed by atoms with Gasteiger partial charge in [-0.3, -0.25) is 4.90 Å². The van der Waals surface area contributed by atoms with Gasteiger partial charge in [0.1, 0.15) is 0 Å². The van der Waals surface area contributed by atoms with Crippen molar-refractivity contribution in [2.45, 2.75) is 70.8 Å². The van der Waals surface area contributed by atoms with Crippen molar-refractivity contribution in [3.63, 3.8) is 0 Å². The highest BCUT2D eigenvalue weighted by molar-refractivity contribution is 5.74. The van der Waals surface area contributed by atoms with Crippen LogP contribution in [-0.2, 0) is 0 Å². The van der Waals surface area contributed by atoms with Crippen LogP contribution in [0.5, 0.6) is 0 Å². The van der Waals surface area contributed by atoms with Gasteiger partial charge in [0.2, 0.25) is 0 Å². The fraction of sp³-hybridized carbons (Fsp3) is 0.941. The maximum absolute atomic E-state index is 12.3. The maximum atomic E-state index is 12.3. The molecule has 1 N–H and O–H groups in total. The molecule has 2 amide bonds. The summed E-state index contributed by atoms with van der Waals surface area (Å²) in [7, 11) is 0. The summed E-state index contributed by atoms with van der Waals surface area (Å²) in [5.74, 6) is 0. The second-order valence-electron chi connectivity index (χ2n) is 6.67. The number of hydrogen-bond donors (Lipinski definition) is 1. The second-order valence-corrected chi connectivity index (χ2v) is 6.67. The molecule has 0 aromatic carbocycles. The number of nitrogens with one attached hydrogen (secondary N) is 1. The van der Waals surface area contributed by atoms with E-state index in [9.17, 15) is 4.79 Å². The molecule has 2 aliphatic rings. The van der Waals surface area contributed by atoms with Crippen LogP contribution >= 0.6 is 0 Å². The molecule has 0 radical (unpaired) electrons. The minimum absolute atomic E-state index is 0.176. The predicted molar refractivity (Wildman–Crippen MR) is 87.6 cm³/mol. The van der Waals surface area contributed by atoms with E-state index in [1.54, 1.807) is 0 Å². The lowest BCUT2D eigenvalue weighted by Gasteiger charge is -2.35. The molecule has 2 fully saturated rings. The van der Waals surface area contributed by atoms with Crippen molar-refractivity contribution in [3.05, 3.63) is 0 Å². The van der Waals surface area contributed by atoms with Gasteiger partial charge in [0.15, 0.2) is 0 Å². The fourth-order valence-corrected chi connectivity index (χ4v) is 3.45. The standard InChI is InChI=1S/C17H33N3O/c1-2-3-8-11-19-12-14-20(15-13-19)17(21)18-16-9-6-4-5-7-10-16/h16H,2-15H2,1H3,(H,18,21). The molecule has 2 rings (SSSR count). The summed E-state index contributed by atoms with van der Waals surface area (Å²) in [6, 6.07) is 0.595. The monoisotopic (exact) mass is 295 g/mol. The van der Waals surface area contributed by atoms with Crippen molar-refractivity contribution < 1.29 is 4.79 Å². The normalized spacial score (nSPS) is 22.0. The number of carbonyl (C=O) groups excluding carboxylic acids is 1. The average molecular weight is 295 g/mol. The lowest BCUT2D eigenvalue weighted by molar-refractivity contribution is 0.135. The molecule has 4 heteroatoms. The third-order valence-electron chi connectivity index (χ3n) is 4.92. The van der Waals surface area contributed by atoms with Crippen LogP contribution in [-0.4, -0.2) is 54.6 Å². The van der Waals surface area contributed by atoms with Gasteiger partial charge in [0, 0.05) is 32.2 Å². The van der Waals surface area contributed by atoms with Gasteiger partial charge >= 0.3 is 6.03 Å². The summed E-state index contributed by atoms with van der Waals surface area (Å²) >= 11 is 0. The van der Waals surface area contributed by atoms with Gasteiger partial charge in [-0.2, -0.15) is 0 Å². The predicted octanol–water partition coefficient (Wildman–Crippen LogP) is 3.23. The van der Waals surface area contributed by atoms with Crippen LogP contribution in [0.4, 0.5) is 4.79 Å². The SMILES string of the molecule is CCCCCN1CCN(C(=O)NC2CCCCCC2)CC1. The van der Waals surface area contributed by atoms with Crippen LogP contribution in [0.2, 0.25) is 0 Å². The topological polar surface area (TPSA) is 35.6 Å². The Labute approximate surface area is 130 Å². The number of carbonyl (C=O) groups is 1. The number of urea groups is 1. The lowest BCUT2D eigenvalue weighted by Crippen LogP contribution is -2.53. The molecule has 0 atom stereocenters. The summed E-state index contributed by atoms with van der Waals surface area (Å²) in [5, 5.41) is 3.26. The van der Waals surface area contributed by atoms with Crippen LogP contribution in [0.1, 0.15) is 64.7 Å².